The molecule has 7 unspecified atom stereocenters. The van der Waals surface area contributed by atoms with Crippen LogP contribution in [0, 0.1) is 5.41 Å². The number of allylic oxidation sites excluding steroid dienone is 6. The van der Waals surface area contributed by atoms with Crippen LogP contribution in [-0.2, 0) is 50.7 Å². The standard InChI is InChI=1S/C35H56N7O17P3S/c1-4-5-6-7-8-9-10-11-12-13-14-15-26(44)63-19-18-37-25(43)16-17-38-33(47)30(46)35(2,3)21-56-62(53,54)59-61(51,52)55-20-24-29(58-60(48,49)50)28(45)34(57-24)42-23-41-27-31(36)39-22-40-32(27)42/h6-7,9-10,12-13,22-24,28-30,34,45-46H,4-5,8,11,14-21H2,1-3H3,(H,37,43)(H,38,47)(H,51,52)(H,53,54)(H2,36,39,40)(H2,48,49,50)/b7-6+,10-9+,13-12+. The highest BCUT2D eigenvalue weighted by atomic mass is 32.2. The molecule has 0 radical (unpaired) electrons. The Kier molecular flexibility index (Phi) is 21.9. The number of nitrogens with two attached hydrogens (primary N) is 1. The van der Waals surface area contributed by atoms with Gasteiger partial charge >= 0.3 is 23.5 Å². The summed E-state index contributed by atoms with van der Waals surface area (Å²) in [6.45, 7) is 2.63. The van der Waals surface area contributed by atoms with Crippen LogP contribution < -0.4 is 16.4 Å². The lowest BCUT2D eigenvalue weighted by molar-refractivity contribution is -0.137. The van der Waals surface area contributed by atoms with Crippen molar-refractivity contribution in [3.63, 3.8) is 0 Å². The minimum absolute atomic E-state index is 0.0116. The third-order valence-electron chi connectivity index (χ3n) is 8.78. The maximum Gasteiger partial charge on any atom is 0.481 e. The number of fused-ring (bicyclic) bond motifs is 1. The number of aromatic nitrogens is 4. The molecule has 0 bridgehead atoms. The molecule has 1 aliphatic heterocycles. The van der Waals surface area contributed by atoms with Crippen molar-refractivity contribution < 1.29 is 80.5 Å². The zero-order valence-corrected chi connectivity index (χ0v) is 38.3. The van der Waals surface area contributed by atoms with Gasteiger partial charge in [-0.3, -0.25) is 32.5 Å². The van der Waals surface area contributed by atoms with Crippen molar-refractivity contribution in [3.05, 3.63) is 49.1 Å². The number of carbonyl (C=O) groups excluding carboxylic acids is 3. The lowest BCUT2D eigenvalue weighted by Gasteiger charge is -2.30. The quantitative estimate of drug-likeness (QED) is 0.0336. The van der Waals surface area contributed by atoms with Crippen LogP contribution in [0.25, 0.3) is 11.2 Å². The van der Waals surface area contributed by atoms with Gasteiger partial charge in [-0.15, -0.1) is 0 Å². The van der Waals surface area contributed by atoms with Gasteiger partial charge in [-0.05, 0) is 25.7 Å². The summed E-state index contributed by atoms with van der Waals surface area (Å²) in [7, 11) is -16.4. The molecule has 3 rings (SSSR count). The lowest BCUT2D eigenvalue weighted by atomic mass is 9.87. The van der Waals surface area contributed by atoms with Crippen molar-refractivity contribution in [3.8, 4) is 0 Å². The molecular formula is C35H56N7O17P3S. The fourth-order valence-electron chi connectivity index (χ4n) is 5.51. The van der Waals surface area contributed by atoms with E-state index in [-0.39, 0.29) is 41.6 Å². The summed E-state index contributed by atoms with van der Waals surface area (Å²) in [5.41, 5.74) is 4.27. The molecule has 7 atom stereocenters. The second-order valence-corrected chi connectivity index (χ2v) is 19.9. The summed E-state index contributed by atoms with van der Waals surface area (Å²) < 4.78 is 62.3. The normalized spacial score (nSPS) is 21.0. The number of unbranched alkanes of at least 4 members (excludes halogenated alkanes) is 1. The number of phosphoric acid groups is 3. The number of nitrogens with one attached hydrogen (secondary N) is 2. The summed E-state index contributed by atoms with van der Waals surface area (Å²) in [4.78, 5) is 88.0. The monoisotopic (exact) mass is 971 g/mol. The van der Waals surface area contributed by atoms with E-state index < -0.39 is 84.6 Å². The maximum absolute atomic E-state index is 12.7. The minimum atomic E-state index is -5.58. The van der Waals surface area contributed by atoms with E-state index in [1.54, 1.807) is 0 Å². The van der Waals surface area contributed by atoms with Gasteiger partial charge in [0.25, 0.3) is 0 Å². The molecule has 10 N–H and O–H groups in total. The fourth-order valence-corrected chi connectivity index (χ4v) is 9.04. The molecule has 2 amide bonds. The maximum atomic E-state index is 12.7. The van der Waals surface area contributed by atoms with E-state index in [4.69, 9.17) is 19.5 Å². The number of imidazole rings is 1. The van der Waals surface area contributed by atoms with E-state index in [0.717, 1.165) is 54.7 Å². The number of nitrogen functional groups attached to an aromatic ring is 1. The Balaban J connectivity index is 1.38. The van der Waals surface area contributed by atoms with Gasteiger partial charge in [0.1, 0.15) is 36.3 Å². The minimum Gasteiger partial charge on any atom is -0.386 e. The molecule has 1 aliphatic rings. The first-order valence-electron chi connectivity index (χ1n) is 19.6. The number of anilines is 1. The van der Waals surface area contributed by atoms with Gasteiger partial charge < -0.3 is 50.9 Å². The molecule has 0 spiro atoms. The van der Waals surface area contributed by atoms with Gasteiger partial charge in [0, 0.05) is 37.1 Å². The smallest absolute Gasteiger partial charge is 0.386 e. The predicted molar refractivity (Wildman–Crippen MR) is 228 cm³/mol. The first kappa shape index (κ1) is 54.1. The molecule has 354 valence electrons. The number of amides is 2. The molecule has 2 aromatic rings. The van der Waals surface area contributed by atoms with E-state index >= 15 is 0 Å². The summed E-state index contributed by atoms with van der Waals surface area (Å²) in [6, 6.07) is 0. The average molecular weight is 972 g/mol. The van der Waals surface area contributed by atoms with Gasteiger partial charge in [0.15, 0.2) is 22.8 Å². The number of aliphatic hydroxyl groups excluding tert-OH is 2. The van der Waals surface area contributed by atoms with Crippen molar-refractivity contribution in [2.24, 2.45) is 5.41 Å². The molecule has 28 heteroatoms. The van der Waals surface area contributed by atoms with Crippen LogP contribution in [0.3, 0.4) is 0 Å². The largest absolute Gasteiger partial charge is 0.481 e. The van der Waals surface area contributed by atoms with Crippen LogP contribution in [-0.4, -0.2) is 123 Å². The highest BCUT2D eigenvalue weighted by Crippen LogP contribution is 2.61. The number of carbonyl (C=O) groups is 3. The number of rotatable bonds is 28. The second kappa shape index (κ2) is 25.5. The number of hydrogen-bond donors (Lipinski definition) is 9. The summed E-state index contributed by atoms with van der Waals surface area (Å²) in [6.07, 6.45) is 10.4. The topological polar surface area (TPSA) is 364 Å². The number of aliphatic hydroxyl groups is 2. The Morgan fingerprint density at radius 1 is 0.952 bits per heavy atom. The van der Waals surface area contributed by atoms with Crippen molar-refractivity contribution in [2.45, 2.75) is 96.4 Å². The molecule has 3 heterocycles. The van der Waals surface area contributed by atoms with Crippen molar-refractivity contribution in [2.75, 3.05) is 37.8 Å². The molecule has 24 nitrogen and oxygen atoms in total. The average Bonchev–Trinajstić information content (AvgIpc) is 3.76. The van der Waals surface area contributed by atoms with Gasteiger partial charge in [0.05, 0.1) is 19.5 Å². The van der Waals surface area contributed by atoms with Crippen LogP contribution in [0.15, 0.2) is 49.1 Å². The van der Waals surface area contributed by atoms with Gasteiger partial charge in [-0.25, -0.2) is 28.6 Å². The predicted octanol–water partition coefficient (Wildman–Crippen LogP) is 2.69. The van der Waals surface area contributed by atoms with E-state index in [1.165, 1.54) is 13.8 Å². The number of ether oxygens (including phenoxy) is 1. The van der Waals surface area contributed by atoms with Gasteiger partial charge in [0.2, 0.25) is 11.8 Å². The molecule has 1 fully saturated rings. The first-order chi connectivity index (χ1) is 29.6. The molecule has 0 saturated carbocycles. The van der Waals surface area contributed by atoms with Crippen LogP contribution in [0.5, 0.6) is 0 Å². The van der Waals surface area contributed by atoms with Gasteiger partial charge in [-0.1, -0.05) is 75.4 Å². The number of phosphoric ester groups is 3. The number of hydrogen-bond acceptors (Lipinski definition) is 18. The SMILES string of the molecule is CCC/C=C/C/C=C/C/C=C/CCC(=O)SCCNC(=O)CCNC(=O)C(O)C(C)(C)COP(=O)(O)OP(=O)(O)OCC1OC(n2cnc3c(N)ncnc32)C(O)C1OP(=O)(O)O. The van der Waals surface area contributed by atoms with Crippen LogP contribution in [0.1, 0.15) is 71.9 Å². The third-order valence-corrected chi connectivity index (χ3v) is 12.8. The number of nitrogens with zero attached hydrogens (tertiary/aromatic N) is 4. The van der Waals surface area contributed by atoms with Gasteiger partial charge in [-0.2, -0.15) is 4.31 Å². The van der Waals surface area contributed by atoms with Crippen LogP contribution in [0.2, 0.25) is 0 Å². The summed E-state index contributed by atoms with van der Waals surface area (Å²) >= 11 is 1.10. The molecule has 2 aromatic heterocycles. The zero-order valence-electron chi connectivity index (χ0n) is 34.8. The number of thioether (sulfide) groups is 1. The molecule has 0 aromatic carbocycles. The van der Waals surface area contributed by atoms with Crippen molar-refractivity contribution in [1.82, 2.24) is 30.2 Å². The Morgan fingerprint density at radius 3 is 2.27 bits per heavy atom. The highest BCUT2D eigenvalue weighted by Gasteiger charge is 2.50. The summed E-state index contributed by atoms with van der Waals surface area (Å²) in [5, 5.41) is 26.5. The van der Waals surface area contributed by atoms with E-state index in [2.05, 4.69) is 65.6 Å². The molecule has 1 saturated heterocycles. The van der Waals surface area contributed by atoms with E-state index in [1.807, 2.05) is 12.2 Å². The lowest BCUT2D eigenvalue weighted by Crippen LogP contribution is -2.46. The first-order valence-corrected chi connectivity index (χ1v) is 25.1. The zero-order chi connectivity index (χ0) is 46.8. The second-order valence-electron chi connectivity index (χ2n) is 14.5. The van der Waals surface area contributed by atoms with Crippen molar-refractivity contribution >= 4 is 69.1 Å². The molecular weight excluding hydrogens is 915 g/mol. The Bertz CT molecular complexity index is 2070. The Morgan fingerprint density at radius 2 is 1.60 bits per heavy atom. The molecule has 63 heavy (non-hydrogen) atoms. The Labute approximate surface area is 367 Å². The highest BCUT2D eigenvalue weighted by molar-refractivity contribution is 8.13. The molecule has 0 aliphatic carbocycles. The van der Waals surface area contributed by atoms with Crippen LogP contribution in [0.4, 0.5) is 5.82 Å². The van der Waals surface area contributed by atoms with Crippen LogP contribution >= 0.6 is 35.2 Å². The fraction of sp³-hybridized carbons (Fsp3) is 0.600. The van der Waals surface area contributed by atoms with Crippen molar-refractivity contribution in [1.29, 1.82) is 0 Å². The van der Waals surface area contributed by atoms with E-state index in [0.29, 0.717) is 18.6 Å². The Hall–Kier alpha value is -3.22. The van der Waals surface area contributed by atoms with E-state index in [9.17, 15) is 57.9 Å². The third kappa shape index (κ3) is 19.0. The summed E-state index contributed by atoms with van der Waals surface area (Å²) in [5.74, 6) is -1.10.